The summed E-state index contributed by atoms with van der Waals surface area (Å²) in [5.74, 6) is -0.418. The summed E-state index contributed by atoms with van der Waals surface area (Å²) in [6.07, 6.45) is -0.128. The third-order valence-electron chi connectivity index (χ3n) is 3.51. The normalized spacial score (nSPS) is 11.9. The SMILES string of the molecule is C=CC(=O)C(O)Cc1cc(CN)cc(-c2ccccc2)c1O. The van der Waals surface area contributed by atoms with Crippen molar-refractivity contribution in [2.45, 2.75) is 19.1 Å². The summed E-state index contributed by atoms with van der Waals surface area (Å²) in [7, 11) is 0. The fraction of sp³-hybridized carbons (Fsp3) is 0.167. The topological polar surface area (TPSA) is 83.5 Å². The minimum atomic E-state index is -1.22. The molecule has 22 heavy (non-hydrogen) atoms. The molecule has 1 unspecified atom stereocenters. The van der Waals surface area contributed by atoms with Crippen LogP contribution in [0.4, 0.5) is 0 Å². The number of benzene rings is 2. The van der Waals surface area contributed by atoms with E-state index in [2.05, 4.69) is 6.58 Å². The van der Waals surface area contributed by atoms with E-state index in [0.717, 1.165) is 17.2 Å². The lowest BCUT2D eigenvalue weighted by Gasteiger charge is -2.14. The Morgan fingerprint density at radius 1 is 1.27 bits per heavy atom. The second-order valence-corrected chi connectivity index (χ2v) is 5.05. The van der Waals surface area contributed by atoms with Gasteiger partial charge < -0.3 is 15.9 Å². The van der Waals surface area contributed by atoms with Crippen molar-refractivity contribution in [3.63, 3.8) is 0 Å². The van der Waals surface area contributed by atoms with Crippen LogP contribution in [0.5, 0.6) is 5.75 Å². The van der Waals surface area contributed by atoms with Gasteiger partial charge in [-0.05, 0) is 28.8 Å². The lowest BCUT2D eigenvalue weighted by Crippen LogP contribution is -2.20. The Balaban J connectivity index is 2.46. The maximum absolute atomic E-state index is 11.5. The highest BCUT2D eigenvalue weighted by Crippen LogP contribution is 2.34. The van der Waals surface area contributed by atoms with E-state index >= 15 is 0 Å². The highest BCUT2D eigenvalue weighted by atomic mass is 16.3. The molecule has 114 valence electrons. The Labute approximate surface area is 129 Å². The number of rotatable bonds is 6. The number of ketones is 1. The first-order valence-electron chi connectivity index (χ1n) is 7.01. The predicted octanol–water partition coefficient (Wildman–Crippen LogP) is 2.18. The number of nitrogens with two attached hydrogens (primary N) is 1. The molecule has 4 heteroatoms. The Morgan fingerprint density at radius 2 is 1.95 bits per heavy atom. The van der Waals surface area contributed by atoms with Crippen molar-refractivity contribution in [3.8, 4) is 16.9 Å². The maximum Gasteiger partial charge on any atom is 0.183 e. The van der Waals surface area contributed by atoms with Gasteiger partial charge >= 0.3 is 0 Å². The predicted molar refractivity (Wildman–Crippen MR) is 86.3 cm³/mol. The summed E-state index contributed by atoms with van der Waals surface area (Å²) < 4.78 is 0. The molecule has 4 N–H and O–H groups in total. The van der Waals surface area contributed by atoms with E-state index in [9.17, 15) is 15.0 Å². The summed E-state index contributed by atoms with van der Waals surface area (Å²) in [4.78, 5) is 11.5. The highest BCUT2D eigenvalue weighted by Gasteiger charge is 2.18. The van der Waals surface area contributed by atoms with Crippen molar-refractivity contribution in [3.05, 3.63) is 66.2 Å². The smallest absolute Gasteiger partial charge is 0.183 e. The summed E-state index contributed by atoms with van der Waals surface area (Å²) >= 11 is 0. The van der Waals surface area contributed by atoms with Gasteiger partial charge in [0.2, 0.25) is 0 Å². The van der Waals surface area contributed by atoms with Crippen molar-refractivity contribution in [2.75, 3.05) is 0 Å². The Hall–Kier alpha value is -2.43. The number of aliphatic hydroxyl groups excluding tert-OH is 1. The Kier molecular flexibility index (Phi) is 5.09. The van der Waals surface area contributed by atoms with Gasteiger partial charge in [0, 0.05) is 18.5 Å². The molecule has 0 spiro atoms. The molecule has 2 aromatic rings. The highest BCUT2D eigenvalue weighted by molar-refractivity contribution is 5.93. The van der Waals surface area contributed by atoms with Gasteiger partial charge in [0.15, 0.2) is 5.78 Å². The number of hydrogen-bond donors (Lipinski definition) is 3. The number of carbonyl (C=O) groups is 1. The average Bonchev–Trinajstić information content (AvgIpc) is 2.56. The first-order valence-corrected chi connectivity index (χ1v) is 7.01. The summed E-state index contributed by atoms with van der Waals surface area (Å²) in [5.41, 5.74) is 8.50. The number of phenolic OH excluding ortho intramolecular Hbond substituents is 1. The zero-order valence-electron chi connectivity index (χ0n) is 12.2. The molecular formula is C18H19NO3. The summed E-state index contributed by atoms with van der Waals surface area (Å²) in [6, 6.07) is 12.9. The van der Waals surface area contributed by atoms with Crippen LogP contribution in [0, 0.1) is 0 Å². The number of aliphatic hydroxyl groups is 1. The number of hydrogen-bond acceptors (Lipinski definition) is 4. The van der Waals surface area contributed by atoms with Crippen LogP contribution in [0.3, 0.4) is 0 Å². The largest absolute Gasteiger partial charge is 0.507 e. The second kappa shape index (κ2) is 7.02. The number of phenols is 1. The molecule has 0 heterocycles. The lowest BCUT2D eigenvalue weighted by atomic mass is 9.94. The molecule has 2 aromatic carbocycles. The number of carbonyl (C=O) groups excluding carboxylic acids is 1. The Bertz CT molecular complexity index is 680. The van der Waals surface area contributed by atoms with Crippen LogP contribution in [0.1, 0.15) is 11.1 Å². The molecule has 0 amide bonds. The first-order chi connectivity index (χ1) is 10.6. The first kappa shape index (κ1) is 15.9. The van der Waals surface area contributed by atoms with Gasteiger partial charge in [-0.15, -0.1) is 0 Å². The van der Waals surface area contributed by atoms with E-state index in [1.165, 1.54) is 0 Å². The van der Waals surface area contributed by atoms with Crippen molar-refractivity contribution >= 4 is 5.78 Å². The molecular weight excluding hydrogens is 278 g/mol. The van der Waals surface area contributed by atoms with Crippen LogP contribution < -0.4 is 5.73 Å². The van der Waals surface area contributed by atoms with Crippen LogP contribution in [0.2, 0.25) is 0 Å². The van der Waals surface area contributed by atoms with Crippen molar-refractivity contribution in [2.24, 2.45) is 5.73 Å². The van der Waals surface area contributed by atoms with Crippen LogP contribution in [0.25, 0.3) is 11.1 Å². The quantitative estimate of drug-likeness (QED) is 0.714. The fourth-order valence-electron chi connectivity index (χ4n) is 2.32. The molecule has 0 saturated carbocycles. The van der Waals surface area contributed by atoms with Gasteiger partial charge in [0.05, 0.1) is 0 Å². The summed E-state index contributed by atoms with van der Waals surface area (Å²) in [5, 5.41) is 20.3. The summed E-state index contributed by atoms with van der Waals surface area (Å²) in [6.45, 7) is 3.66. The monoisotopic (exact) mass is 297 g/mol. The molecule has 2 rings (SSSR count). The van der Waals surface area contributed by atoms with Crippen LogP contribution in [-0.4, -0.2) is 22.1 Å². The van der Waals surface area contributed by atoms with Gasteiger partial charge in [-0.2, -0.15) is 0 Å². The fourth-order valence-corrected chi connectivity index (χ4v) is 2.32. The second-order valence-electron chi connectivity index (χ2n) is 5.05. The van der Waals surface area contributed by atoms with E-state index in [1.54, 1.807) is 6.07 Å². The van der Waals surface area contributed by atoms with Crippen molar-refractivity contribution in [1.82, 2.24) is 0 Å². The zero-order valence-corrected chi connectivity index (χ0v) is 12.2. The molecule has 0 radical (unpaired) electrons. The molecule has 0 aliphatic heterocycles. The van der Waals surface area contributed by atoms with Crippen LogP contribution >= 0.6 is 0 Å². The van der Waals surface area contributed by atoms with Crippen molar-refractivity contribution < 1.29 is 15.0 Å². The van der Waals surface area contributed by atoms with Crippen molar-refractivity contribution in [1.29, 1.82) is 0 Å². The average molecular weight is 297 g/mol. The van der Waals surface area contributed by atoms with Gasteiger partial charge in [-0.3, -0.25) is 4.79 Å². The standard InChI is InChI=1S/C18H19NO3/c1-2-16(20)17(21)10-14-8-12(11-19)9-15(18(14)22)13-6-4-3-5-7-13/h2-9,17,21-22H,1,10-11,19H2. The third-order valence-corrected chi connectivity index (χ3v) is 3.51. The molecule has 0 fully saturated rings. The van der Waals surface area contributed by atoms with Gasteiger partial charge in [-0.25, -0.2) is 0 Å². The molecule has 0 aromatic heterocycles. The van der Waals surface area contributed by atoms with Gasteiger partial charge in [0.25, 0.3) is 0 Å². The number of aromatic hydroxyl groups is 1. The van der Waals surface area contributed by atoms with E-state index in [0.29, 0.717) is 17.7 Å². The molecule has 0 saturated heterocycles. The van der Waals surface area contributed by atoms with E-state index in [4.69, 9.17) is 5.73 Å². The maximum atomic E-state index is 11.5. The van der Waals surface area contributed by atoms with E-state index < -0.39 is 11.9 Å². The zero-order chi connectivity index (χ0) is 16.1. The molecule has 1 atom stereocenters. The van der Waals surface area contributed by atoms with Crippen LogP contribution in [-0.2, 0) is 17.8 Å². The van der Waals surface area contributed by atoms with Gasteiger partial charge in [-0.1, -0.05) is 43.0 Å². The van der Waals surface area contributed by atoms with Gasteiger partial charge in [0.1, 0.15) is 11.9 Å². The molecule has 4 nitrogen and oxygen atoms in total. The van der Waals surface area contributed by atoms with Crippen LogP contribution in [0.15, 0.2) is 55.1 Å². The Morgan fingerprint density at radius 3 is 2.55 bits per heavy atom. The lowest BCUT2D eigenvalue weighted by molar-refractivity contribution is -0.122. The molecule has 0 aliphatic rings. The van der Waals surface area contributed by atoms with E-state index in [-0.39, 0.29) is 12.2 Å². The molecule has 0 bridgehead atoms. The van der Waals surface area contributed by atoms with E-state index in [1.807, 2.05) is 36.4 Å². The minimum absolute atomic E-state index is 0.0182. The molecule has 0 aliphatic carbocycles. The minimum Gasteiger partial charge on any atom is -0.507 e. The third kappa shape index (κ3) is 3.42.